The number of hydrogen-bond donors (Lipinski definition) is 1. The van der Waals surface area contributed by atoms with Crippen LogP contribution >= 0.6 is 0 Å². The summed E-state index contributed by atoms with van der Waals surface area (Å²) >= 11 is 0. The van der Waals surface area contributed by atoms with Gasteiger partial charge in [-0.1, -0.05) is 24.3 Å². The van der Waals surface area contributed by atoms with E-state index in [2.05, 4.69) is 5.32 Å². The summed E-state index contributed by atoms with van der Waals surface area (Å²) in [5, 5.41) is 2.68. The molecule has 2 aromatic carbocycles. The fourth-order valence-electron chi connectivity index (χ4n) is 2.75. The number of nitrogens with zero attached hydrogens (tertiary/aromatic N) is 1. The maximum Gasteiger partial charge on any atom is 0.264 e. The van der Waals surface area contributed by atoms with E-state index in [1.807, 2.05) is 31.2 Å². The van der Waals surface area contributed by atoms with Gasteiger partial charge in [0.25, 0.3) is 15.9 Å². The molecular weight excluding hydrogens is 312 g/mol. The first-order chi connectivity index (χ1) is 11.0. The predicted octanol–water partition coefficient (Wildman–Crippen LogP) is 2.19. The SMILES string of the molecule is CCNC(=O)c1cccc(S(=O)(=O)N2CCc3ccccc32)c1. The summed E-state index contributed by atoms with van der Waals surface area (Å²) in [5.74, 6) is -0.272. The second-order valence-corrected chi connectivity index (χ2v) is 7.21. The van der Waals surface area contributed by atoms with Crippen LogP contribution < -0.4 is 9.62 Å². The van der Waals surface area contributed by atoms with Crippen molar-refractivity contribution in [3.63, 3.8) is 0 Å². The molecule has 0 unspecified atom stereocenters. The molecule has 1 aliphatic rings. The minimum atomic E-state index is -3.67. The molecular formula is C17H18N2O3S. The molecule has 0 saturated carbocycles. The Kier molecular flexibility index (Phi) is 4.09. The Hall–Kier alpha value is -2.34. The molecule has 1 aliphatic heterocycles. The zero-order chi connectivity index (χ0) is 16.4. The Bertz CT molecular complexity index is 846. The number of carbonyl (C=O) groups is 1. The van der Waals surface area contributed by atoms with Gasteiger partial charge in [-0.25, -0.2) is 8.42 Å². The molecule has 1 heterocycles. The number of nitrogens with one attached hydrogen (secondary N) is 1. The molecule has 1 N–H and O–H groups in total. The average Bonchev–Trinajstić information content (AvgIpc) is 3.00. The van der Waals surface area contributed by atoms with Gasteiger partial charge < -0.3 is 5.32 Å². The van der Waals surface area contributed by atoms with E-state index in [0.29, 0.717) is 25.1 Å². The normalized spacial score (nSPS) is 13.7. The van der Waals surface area contributed by atoms with Crippen molar-refractivity contribution < 1.29 is 13.2 Å². The van der Waals surface area contributed by atoms with Crippen LogP contribution in [0.15, 0.2) is 53.4 Å². The first kappa shape index (κ1) is 15.6. The number of anilines is 1. The fraction of sp³-hybridized carbons (Fsp3) is 0.235. The van der Waals surface area contributed by atoms with Gasteiger partial charge in [0.05, 0.1) is 10.6 Å². The average molecular weight is 330 g/mol. The Balaban J connectivity index is 1.98. The van der Waals surface area contributed by atoms with Gasteiger partial charge in [-0.15, -0.1) is 0 Å². The van der Waals surface area contributed by atoms with Crippen LogP contribution in [0.25, 0.3) is 0 Å². The first-order valence-corrected chi connectivity index (χ1v) is 8.97. The number of benzene rings is 2. The maximum absolute atomic E-state index is 12.9. The highest BCUT2D eigenvalue weighted by molar-refractivity contribution is 7.92. The Labute approximate surface area is 136 Å². The van der Waals surface area contributed by atoms with Crippen LogP contribution in [0.3, 0.4) is 0 Å². The van der Waals surface area contributed by atoms with E-state index >= 15 is 0 Å². The van der Waals surface area contributed by atoms with Crippen molar-refractivity contribution in [3.05, 3.63) is 59.7 Å². The van der Waals surface area contributed by atoms with Crippen LogP contribution in [0.5, 0.6) is 0 Å². The van der Waals surface area contributed by atoms with E-state index in [0.717, 1.165) is 11.3 Å². The lowest BCUT2D eigenvalue weighted by atomic mass is 10.2. The topological polar surface area (TPSA) is 66.5 Å². The number of rotatable bonds is 4. The van der Waals surface area contributed by atoms with Crippen molar-refractivity contribution in [2.24, 2.45) is 0 Å². The number of fused-ring (bicyclic) bond motifs is 1. The van der Waals surface area contributed by atoms with E-state index in [1.165, 1.54) is 16.4 Å². The summed E-state index contributed by atoms with van der Waals surface area (Å²) < 4.78 is 27.3. The minimum absolute atomic E-state index is 0.137. The lowest BCUT2D eigenvalue weighted by Gasteiger charge is -2.19. The largest absolute Gasteiger partial charge is 0.352 e. The summed E-state index contributed by atoms with van der Waals surface area (Å²) in [6, 6.07) is 13.7. The molecule has 0 atom stereocenters. The Morgan fingerprint density at radius 2 is 1.96 bits per heavy atom. The van der Waals surface area contributed by atoms with E-state index in [-0.39, 0.29) is 10.8 Å². The van der Waals surface area contributed by atoms with Gasteiger partial charge >= 0.3 is 0 Å². The summed E-state index contributed by atoms with van der Waals surface area (Å²) in [7, 11) is -3.67. The lowest BCUT2D eigenvalue weighted by molar-refractivity contribution is 0.0955. The molecule has 0 aliphatic carbocycles. The van der Waals surface area contributed by atoms with Crippen molar-refractivity contribution >= 4 is 21.6 Å². The third-order valence-corrected chi connectivity index (χ3v) is 5.68. The van der Waals surface area contributed by atoms with Gasteiger partial charge in [0.2, 0.25) is 0 Å². The zero-order valence-corrected chi connectivity index (χ0v) is 13.6. The van der Waals surface area contributed by atoms with Gasteiger partial charge in [0.1, 0.15) is 0 Å². The molecule has 0 spiro atoms. The molecule has 1 amide bonds. The van der Waals surface area contributed by atoms with Crippen LogP contribution in [0.4, 0.5) is 5.69 Å². The highest BCUT2D eigenvalue weighted by Gasteiger charge is 2.30. The molecule has 0 aromatic heterocycles. The minimum Gasteiger partial charge on any atom is -0.352 e. The molecule has 0 saturated heterocycles. The highest BCUT2D eigenvalue weighted by Crippen LogP contribution is 2.32. The molecule has 6 heteroatoms. The summed E-state index contributed by atoms with van der Waals surface area (Å²) in [6.07, 6.45) is 0.700. The van der Waals surface area contributed by atoms with Crippen molar-refractivity contribution in [3.8, 4) is 0 Å². The Morgan fingerprint density at radius 1 is 1.17 bits per heavy atom. The molecule has 120 valence electrons. The second-order valence-electron chi connectivity index (χ2n) is 5.34. The van der Waals surface area contributed by atoms with Crippen LogP contribution in [-0.2, 0) is 16.4 Å². The molecule has 3 rings (SSSR count). The summed E-state index contributed by atoms with van der Waals surface area (Å²) in [4.78, 5) is 12.1. The quantitative estimate of drug-likeness (QED) is 0.934. The molecule has 2 aromatic rings. The van der Waals surface area contributed by atoms with Crippen molar-refractivity contribution in [1.29, 1.82) is 0 Å². The van der Waals surface area contributed by atoms with E-state index in [4.69, 9.17) is 0 Å². The van der Waals surface area contributed by atoms with Crippen LogP contribution in [-0.4, -0.2) is 27.4 Å². The summed E-state index contributed by atoms with van der Waals surface area (Å²) in [5.41, 5.74) is 2.09. The van der Waals surface area contributed by atoms with Crippen LogP contribution in [0.2, 0.25) is 0 Å². The zero-order valence-electron chi connectivity index (χ0n) is 12.8. The van der Waals surface area contributed by atoms with Gasteiger partial charge in [0, 0.05) is 18.7 Å². The maximum atomic E-state index is 12.9. The number of carbonyl (C=O) groups excluding carboxylic acids is 1. The molecule has 0 fully saturated rings. The van der Waals surface area contributed by atoms with Gasteiger partial charge in [-0.05, 0) is 43.2 Å². The van der Waals surface area contributed by atoms with Crippen molar-refractivity contribution in [2.75, 3.05) is 17.4 Å². The number of sulfonamides is 1. The third kappa shape index (κ3) is 2.82. The van der Waals surface area contributed by atoms with Gasteiger partial charge in [-0.2, -0.15) is 0 Å². The van der Waals surface area contributed by atoms with Crippen LogP contribution in [0, 0.1) is 0 Å². The molecule has 0 radical (unpaired) electrons. The van der Waals surface area contributed by atoms with Crippen molar-refractivity contribution in [2.45, 2.75) is 18.2 Å². The van der Waals surface area contributed by atoms with Crippen molar-refractivity contribution in [1.82, 2.24) is 5.32 Å². The van der Waals surface area contributed by atoms with Crippen LogP contribution in [0.1, 0.15) is 22.8 Å². The smallest absolute Gasteiger partial charge is 0.264 e. The molecule has 0 bridgehead atoms. The molecule has 23 heavy (non-hydrogen) atoms. The number of hydrogen-bond acceptors (Lipinski definition) is 3. The van der Waals surface area contributed by atoms with E-state index in [1.54, 1.807) is 12.1 Å². The number of para-hydroxylation sites is 1. The van der Waals surface area contributed by atoms with E-state index < -0.39 is 10.0 Å². The lowest BCUT2D eigenvalue weighted by Crippen LogP contribution is -2.29. The van der Waals surface area contributed by atoms with Gasteiger partial charge in [-0.3, -0.25) is 9.10 Å². The monoisotopic (exact) mass is 330 g/mol. The predicted molar refractivity (Wildman–Crippen MR) is 89.1 cm³/mol. The van der Waals surface area contributed by atoms with E-state index in [9.17, 15) is 13.2 Å². The molecule has 5 nitrogen and oxygen atoms in total. The fourth-order valence-corrected chi connectivity index (χ4v) is 4.29. The highest BCUT2D eigenvalue weighted by atomic mass is 32.2. The van der Waals surface area contributed by atoms with Gasteiger partial charge in [0.15, 0.2) is 0 Å². The standard InChI is InChI=1S/C17H18N2O3S/c1-2-18-17(20)14-7-5-8-15(12-14)23(21,22)19-11-10-13-6-3-4-9-16(13)19/h3-9,12H,2,10-11H2,1H3,(H,18,20). The summed E-state index contributed by atoms with van der Waals surface area (Å²) in [6.45, 7) is 2.74. The Morgan fingerprint density at radius 3 is 2.74 bits per heavy atom. The number of amides is 1. The third-order valence-electron chi connectivity index (χ3n) is 3.87. The second kappa shape index (κ2) is 6.04. The first-order valence-electron chi connectivity index (χ1n) is 7.53.